The first kappa shape index (κ1) is 15.2. The molecule has 20 heavy (non-hydrogen) atoms. The van der Waals surface area contributed by atoms with Gasteiger partial charge in [0, 0.05) is 23.5 Å². The van der Waals surface area contributed by atoms with Gasteiger partial charge in [0.25, 0.3) is 5.91 Å². The highest BCUT2D eigenvalue weighted by molar-refractivity contribution is 9.09. The third kappa shape index (κ3) is 3.69. The Kier molecular flexibility index (Phi) is 4.96. The molecule has 0 aromatic heterocycles. The van der Waals surface area contributed by atoms with E-state index < -0.39 is 6.61 Å². The minimum atomic E-state index is -2.89. The van der Waals surface area contributed by atoms with Crippen molar-refractivity contribution in [1.29, 1.82) is 0 Å². The Morgan fingerprint density at radius 3 is 2.90 bits per heavy atom. The highest BCUT2D eigenvalue weighted by Gasteiger charge is 2.27. The number of likely N-dealkylation sites (tertiary alicyclic amines) is 1. The maximum atomic E-state index is 12.4. The SMILES string of the molecule is CC1CCN(C(=O)c2cccc(OC(F)F)c2)CC1Br. The predicted molar refractivity (Wildman–Crippen MR) is 75.5 cm³/mol. The van der Waals surface area contributed by atoms with Crippen molar-refractivity contribution in [2.75, 3.05) is 13.1 Å². The summed E-state index contributed by atoms with van der Waals surface area (Å²) in [5.74, 6) is 0.375. The van der Waals surface area contributed by atoms with E-state index in [0.717, 1.165) is 6.42 Å². The van der Waals surface area contributed by atoms with Crippen molar-refractivity contribution in [3.63, 3.8) is 0 Å². The molecule has 2 atom stereocenters. The van der Waals surface area contributed by atoms with Crippen LogP contribution in [0.4, 0.5) is 8.78 Å². The molecule has 3 nitrogen and oxygen atoms in total. The Morgan fingerprint density at radius 1 is 1.50 bits per heavy atom. The average molecular weight is 348 g/mol. The largest absolute Gasteiger partial charge is 0.435 e. The number of alkyl halides is 3. The van der Waals surface area contributed by atoms with E-state index in [1.165, 1.54) is 12.1 Å². The first-order valence-corrected chi connectivity index (χ1v) is 7.37. The van der Waals surface area contributed by atoms with Crippen molar-refractivity contribution in [1.82, 2.24) is 4.90 Å². The molecule has 1 amide bonds. The monoisotopic (exact) mass is 347 g/mol. The van der Waals surface area contributed by atoms with Crippen LogP contribution in [0.5, 0.6) is 5.75 Å². The number of nitrogens with zero attached hydrogens (tertiary/aromatic N) is 1. The second-order valence-corrected chi connectivity index (χ2v) is 6.12. The van der Waals surface area contributed by atoms with Crippen LogP contribution in [-0.4, -0.2) is 35.3 Å². The Bertz CT molecular complexity index is 484. The Balaban J connectivity index is 2.09. The quantitative estimate of drug-likeness (QED) is 0.782. The number of hydrogen-bond acceptors (Lipinski definition) is 2. The van der Waals surface area contributed by atoms with Gasteiger partial charge in [-0.1, -0.05) is 28.9 Å². The second kappa shape index (κ2) is 6.52. The molecule has 0 saturated carbocycles. The number of piperidine rings is 1. The summed E-state index contributed by atoms with van der Waals surface area (Å²) in [6.45, 7) is 0.559. The van der Waals surface area contributed by atoms with Crippen molar-refractivity contribution in [3.05, 3.63) is 29.8 Å². The van der Waals surface area contributed by atoms with Crippen LogP contribution in [0, 0.1) is 5.92 Å². The number of amides is 1. The summed E-state index contributed by atoms with van der Waals surface area (Å²) < 4.78 is 28.7. The number of halogens is 3. The number of carbonyl (C=O) groups excluding carboxylic acids is 1. The van der Waals surface area contributed by atoms with Crippen LogP contribution >= 0.6 is 15.9 Å². The number of hydrogen-bond donors (Lipinski definition) is 0. The molecule has 1 fully saturated rings. The fraction of sp³-hybridized carbons (Fsp3) is 0.500. The zero-order chi connectivity index (χ0) is 14.7. The average Bonchev–Trinajstić information content (AvgIpc) is 2.40. The molecule has 2 rings (SSSR count). The Morgan fingerprint density at radius 2 is 2.25 bits per heavy atom. The topological polar surface area (TPSA) is 29.5 Å². The lowest BCUT2D eigenvalue weighted by Crippen LogP contribution is -2.43. The smallest absolute Gasteiger partial charge is 0.387 e. The zero-order valence-electron chi connectivity index (χ0n) is 11.1. The zero-order valence-corrected chi connectivity index (χ0v) is 12.6. The number of rotatable bonds is 3. The van der Waals surface area contributed by atoms with Gasteiger partial charge in [0.2, 0.25) is 0 Å². The highest BCUT2D eigenvalue weighted by Crippen LogP contribution is 2.25. The molecule has 1 saturated heterocycles. The van der Waals surface area contributed by atoms with E-state index in [1.807, 2.05) is 0 Å². The molecule has 0 radical (unpaired) electrons. The molecule has 0 spiro atoms. The summed E-state index contributed by atoms with van der Waals surface area (Å²) in [6, 6.07) is 5.93. The van der Waals surface area contributed by atoms with Gasteiger partial charge >= 0.3 is 6.61 Å². The van der Waals surface area contributed by atoms with Crippen molar-refractivity contribution in [2.45, 2.75) is 24.8 Å². The van der Waals surface area contributed by atoms with Gasteiger partial charge in [-0.15, -0.1) is 0 Å². The summed E-state index contributed by atoms with van der Waals surface area (Å²) in [5.41, 5.74) is 0.373. The van der Waals surface area contributed by atoms with Crippen LogP contribution in [0.3, 0.4) is 0 Å². The molecule has 1 aliphatic heterocycles. The van der Waals surface area contributed by atoms with Gasteiger partial charge in [-0.05, 0) is 30.5 Å². The van der Waals surface area contributed by atoms with Crippen LogP contribution in [-0.2, 0) is 0 Å². The van der Waals surface area contributed by atoms with E-state index in [0.29, 0.717) is 24.6 Å². The van der Waals surface area contributed by atoms with Gasteiger partial charge in [0.05, 0.1) is 0 Å². The molecule has 110 valence electrons. The molecule has 0 bridgehead atoms. The van der Waals surface area contributed by atoms with E-state index in [2.05, 4.69) is 27.6 Å². The first-order valence-electron chi connectivity index (χ1n) is 6.45. The molecule has 1 aromatic carbocycles. The molecule has 0 N–H and O–H groups in total. The van der Waals surface area contributed by atoms with Crippen LogP contribution in [0.15, 0.2) is 24.3 Å². The van der Waals surface area contributed by atoms with Gasteiger partial charge in [-0.25, -0.2) is 0 Å². The number of ether oxygens (including phenoxy) is 1. The third-order valence-electron chi connectivity index (χ3n) is 3.46. The molecule has 6 heteroatoms. The molecule has 0 aliphatic carbocycles. The standard InChI is InChI=1S/C14H16BrF2NO2/c1-9-5-6-18(8-12(9)15)13(19)10-3-2-4-11(7-10)20-14(16)17/h2-4,7,9,12,14H,5-6,8H2,1H3. The van der Waals surface area contributed by atoms with Crippen molar-refractivity contribution >= 4 is 21.8 Å². The van der Waals surface area contributed by atoms with Gasteiger partial charge in [0.1, 0.15) is 5.75 Å². The summed E-state index contributed by atoms with van der Waals surface area (Å²) in [6.07, 6.45) is 0.925. The minimum Gasteiger partial charge on any atom is -0.435 e. The van der Waals surface area contributed by atoms with E-state index >= 15 is 0 Å². The first-order chi connectivity index (χ1) is 9.47. The van der Waals surface area contributed by atoms with Crippen LogP contribution in [0.25, 0.3) is 0 Å². The van der Waals surface area contributed by atoms with E-state index in [-0.39, 0.29) is 16.5 Å². The summed E-state index contributed by atoms with van der Waals surface area (Å²) in [4.78, 5) is 14.4. The molecule has 1 aromatic rings. The third-order valence-corrected chi connectivity index (χ3v) is 4.65. The van der Waals surface area contributed by atoms with Crippen molar-refractivity contribution in [2.24, 2.45) is 5.92 Å². The predicted octanol–water partition coefficient (Wildman–Crippen LogP) is 3.53. The number of carbonyl (C=O) groups is 1. The Labute approximate surface area is 125 Å². The normalized spacial score (nSPS) is 22.9. The second-order valence-electron chi connectivity index (χ2n) is 4.94. The fourth-order valence-electron chi connectivity index (χ4n) is 2.19. The lowest BCUT2D eigenvalue weighted by atomic mass is 9.98. The summed E-state index contributed by atoms with van der Waals surface area (Å²) in [5, 5.41) is 0. The highest BCUT2D eigenvalue weighted by atomic mass is 79.9. The molecule has 1 aliphatic rings. The lowest BCUT2D eigenvalue weighted by molar-refractivity contribution is -0.0499. The lowest BCUT2D eigenvalue weighted by Gasteiger charge is -2.34. The number of benzene rings is 1. The van der Waals surface area contributed by atoms with Crippen LogP contribution in [0.1, 0.15) is 23.7 Å². The van der Waals surface area contributed by atoms with Crippen LogP contribution < -0.4 is 4.74 Å². The van der Waals surface area contributed by atoms with Gasteiger partial charge < -0.3 is 9.64 Å². The Hall–Kier alpha value is -1.17. The summed E-state index contributed by atoms with van der Waals surface area (Å²) >= 11 is 3.56. The van der Waals surface area contributed by atoms with Gasteiger partial charge in [-0.3, -0.25) is 4.79 Å². The van der Waals surface area contributed by atoms with Gasteiger partial charge in [-0.2, -0.15) is 8.78 Å². The van der Waals surface area contributed by atoms with Crippen molar-refractivity contribution in [3.8, 4) is 5.75 Å². The van der Waals surface area contributed by atoms with Crippen LogP contribution in [0.2, 0.25) is 0 Å². The molecule has 2 unspecified atom stereocenters. The minimum absolute atomic E-state index is 0.00613. The van der Waals surface area contributed by atoms with Gasteiger partial charge in [0.15, 0.2) is 0 Å². The molecular formula is C14H16BrF2NO2. The summed E-state index contributed by atoms with van der Waals surface area (Å²) in [7, 11) is 0. The molecule has 1 heterocycles. The molecular weight excluding hydrogens is 332 g/mol. The fourth-order valence-corrected chi connectivity index (χ4v) is 2.81. The maximum absolute atomic E-state index is 12.4. The maximum Gasteiger partial charge on any atom is 0.387 e. The van der Waals surface area contributed by atoms with E-state index in [4.69, 9.17) is 0 Å². The van der Waals surface area contributed by atoms with E-state index in [1.54, 1.807) is 17.0 Å². The van der Waals surface area contributed by atoms with E-state index in [9.17, 15) is 13.6 Å². The van der Waals surface area contributed by atoms with Crippen molar-refractivity contribution < 1.29 is 18.3 Å².